The van der Waals surface area contributed by atoms with Crippen molar-refractivity contribution in [2.75, 3.05) is 6.61 Å². The summed E-state index contributed by atoms with van der Waals surface area (Å²) in [4.78, 5) is 27.7. The molecule has 8 heteroatoms. The minimum Gasteiger partial charge on any atom is -0.484 e. The molecular formula is C18H17N5O3. The minimum absolute atomic E-state index is 0.199. The van der Waals surface area contributed by atoms with Gasteiger partial charge in [-0.25, -0.2) is 9.67 Å². The zero-order valence-electron chi connectivity index (χ0n) is 14.0. The molecule has 0 aliphatic rings. The van der Waals surface area contributed by atoms with Crippen molar-refractivity contribution in [2.45, 2.75) is 6.92 Å². The fourth-order valence-electron chi connectivity index (χ4n) is 2.20. The minimum atomic E-state index is -0.459. The molecule has 1 heterocycles. The molecule has 2 N–H and O–H groups in total. The van der Waals surface area contributed by atoms with E-state index in [0.29, 0.717) is 11.3 Å². The lowest BCUT2D eigenvalue weighted by atomic mass is 10.2. The summed E-state index contributed by atoms with van der Waals surface area (Å²) in [6.07, 6.45) is 2.98. The average molecular weight is 351 g/mol. The zero-order chi connectivity index (χ0) is 18.4. The Hall–Kier alpha value is -3.68. The maximum Gasteiger partial charge on any atom is 0.276 e. The number of carbonyl (C=O) groups is 2. The Labute approximate surface area is 149 Å². The molecule has 0 atom stereocenters. The molecule has 0 saturated carbocycles. The lowest BCUT2D eigenvalue weighted by molar-refractivity contribution is -0.123. The topological polar surface area (TPSA) is 98.1 Å². The maximum atomic E-state index is 12.1. The molecule has 3 rings (SSSR count). The predicted molar refractivity (Wildman–Crippen MR) is 93.6 cm³/mol. The van der Waals surface area contributed by atoms with Crippen molar-refractivity contribution in [2.24, 2.45) is 0 Å². The fourth-order valence-corrected chi connectivity index (χ4v) is 2.20. The summed E-state index contributed by atoms with van der Waals surface area (Å²) in [6, 6.07) is 14.1. The van der Waals surface area contributed by atoms with Crippen LogP contribution in [-0.2, 0) is 4.79 Å². The largest absolute Gasteiger partial charge is 0.484 e. The number of nitrogens with zero attached hydrogens (tertiary/aromatic N) is 3. The van der Waals surface area contributed by atoms with Crippen LogP contribution in [0.5, 0.6) is 5.75 Å². The van der Waals surface area contributed by atoms with Crippen LogP contribution in [0.15, 0.2) is 61.2 Å². The molecule has 2 aromatic carbocycles. The highest BCUT2D eigenvalue weighted by Crippen LogP contribution is 2.12. The molecule has 8 nitrogen and oxygen atoms in total. The second-order valence-corrected chi connectivity index (χ2v) is 5.49. The predicted octanol–water partition coefficient (Wildman–Crippen LogP) is 1.42. The number of aromatic nitrogens is 3. The molecule has 0 bridgehead atoms. The second-order valence-electron chi connectivity index (χ2n) is 5.49. The molecule has 0 radical (unpaired) electrons. The Morgan fingerprint density at radius 3 is 2.62 bits per heavy atom. The van der Waals surface area contributed by atoms with Gasteiger partial charge in [0.15, 0.2) is 6.61 Å². The third kappa shape index (κ3) is 4.44. The Bertz CT molecular complexity index is 891. The van der Waals surface area contributed by atoms with Crippen molar-refractivity contribution < 1.29 is 14.3 Å². The first-order valence-corrected chi connectivity index (χ1v) is 7.85. The van der Waals surface area contributed by atoms with Crippen LogP contribution in [0.2, 0.25) is 0 Å². The molecule has 0 aliphatic carbocycles. The van der Waals surface area contributed by atoms with Crippen molar-refractivity contribution in [3.05, 3.63) is 72.3 Å². The normalized spacial score (nSPS) is 10.2. The van der Waals surface area contributed by atoms with Crippen LogP contribution in [0.1, 0.15) is 15.9 Å². The number of benzene rings is 2. The van der Waals surface area contributed by atoms with Crippen molar-refractivity contribution in [3.8, 4) is 11.4 Å². The number of aryl methyl sites for hydroxylation is 1. The lowest BCUT2D eigenvalue weighted by Gasteiger charge is -2.09. The van der Waals surface area contributed by atoms with Gasteiger partial charge in [-0.1, -0.05) is 12.1 Å². The quantitative estimate of drug-likeness (QED) is 0.678. The molecule has 0 spiro atoms. The molecule has 2 amide bonds. The number of rotatable bonds is 5. The van der Waals surface area contributed by atoms with Gasteiger partial charge in [0.2, 0.25) is 0 Å². The summed E-state index contributed by atoms with van der Waals surface area (Å²) >= 11 is 0. The maximum absolute atomic E-state index is 12.1. The van der Waals surface area contributed by atoms with Crippen LogP contribution in [0.4, 0.5) is 0 Å². The van der Waals surface area contributed by atoms with Crippen LogP contribution in [0, 0.1) is 6.92 Å². The number of hydrazine groups is 1. The molecule has 26 heavy (non-hydrogen) atoms. The second kappa shape index (κ2) is 7.93. The summed E-state index contributed by atoms with van der Waals surface area (Å²) in [7, 11) is 0. The number of hydrogen-bond donors (Lipinski definition) is 2. The highest BCUT2D eigenvalue weighted by molar-refractivity contribution is 5.95. The summed E-state index contributed by atoms with van der Waals surface area (Å²) in [5, 5.41) is 4.01. The number of nitrogens with one attached hydrogen (secondary N) is 2. The molecule has 1 aromatic heterocycles. The number of carbonyl (C=O) groups excluding carboxylic acids is 2. The van der Waals surface area contributed by atoms with Gasteiger partial charge in [-0.15, -0.1) is 0 Å². The van der Waals surface area contributed by atoms with Crippen molar-refractivity contribution >= 4 is 11.8 Å². The van der Waals surface area contributed by atoms with E-state index in [1.807, 2.05) is 25.1 Å². The Balaban J connectivity index is 1.48. The SMILES string of the molecule is Cc1cccc(OCC(=O)NNC(=O)c2ccc(-n3cncn3)cc2)c1. The molecule has 0 aliphatic heterocycles. The third-order valence-electron chi connectivity index (χ3n) is 3.49. The zero-order valence-corrected chi connectivity index (χ0v) is 14.0. The van der Waals surface area contributed by atoms with Gasteiger partial charge in [0.25, 0.3) is 11.8 Å². The monoisotopic (exact) mass is 351 g/mol. The molecule has 0 saturated heterocycles. The summed E-state index contributed by atoms with van der Waals surface area (Å²) < 4.78 is 6.94. The van der Waals surface area contributed by atoms with Crippen molar-refractivity contribution in [3.63, 3.8) is 0 Å². The van der Waals surface area contributed by atoms with E-state index in [0.717, 1.165) is 11.3 Å². The van der Waals surface area contributed by atoms with Crippen molar-refractivity contribution in [1.82, 2.24) is 25.6 Å². The summed E-state index contributed by atoms with van der Waals surface area (Å²) in [5.41, 5.74) is 6.87. The summed E-state index contributed by atoms with van der Waals surface area (Å²) in [5.74, 6) is -0.298. The highest BCUT2D eigenvalue weighted by atomic mass is 16.5. The summed E-state index contributed by atoms with van der Waals surface area (Å²) in [6.45, 7) is 1.73. The number of ether oxygens (including phenoxy) is 1. The molecule has 0 fully saturated rings. The first-order chi connectivity index (χ1) is 12.6. The van der Waals surface area contributed by atoms with Crippen LogP contribution >= 0.6 is 0 Å². The lowest BCUT2D eigenvalue weighted by Crippen LogP contribution is -2.43. The van der Waals surface area contributed by atoms with E-state index in [-0.39, 0.29) is 6.61 Å². The van der Waals surface area contributed by atoms with Gasteiger partial charge >= 0.3 is 0 Å². The van der Waals surface area contributed by atoms with Crippen molar-refractivity contribution in [1.29, 1.82) is 0 Å². The van der Waals surface area contributed by atoms with Gasteiger partial charge in [-0.3, -0.25) is 20.4 Å². The third-order valence-corrected chi connectivity index (χ3v) is 3.49. The molecular weight excluding hydrogens is 334 g/mol. The van der Waals surface area contributed by atoms with Gasteiger partial charge in [0.1, 0.15) is 18.4 Å². The van der Waals surface area contributed by atoms with E-state index in [4.69, 9.17) is 4.74 Å². The Kier molecular flexibility index (Phi) is 5.23. The van der Waals surface area contributed by atoms with Gasteiger partial charge in [0.05, 0.1) is 5.69 Å². The average Bonchev–Trinajstić information content (AvgIpc) is 3.19. The first kappa shape index (κ1) is 17.2. The number of amides is 2. The van der Waals surface area contributed by atoms with Gasteiger partial charge in [-0.05, 0) is 48.9 Å². The first-order valence-electron chi connectivity index (χ1n) is 7.85. The van der Waals surface area contributed by atoms with Crippen LogP contribution in [0.3, 0.4) is 0 Å². The number of hydrogen-bond acceptors (Lipinski definition) is 5. The molecule has 0 unspecified atom stereocenters. The van der Waals surface area contributed by atoms with Crippen LogP contribution in [0.25, 0.3) is 5.69 Å². The Morgan fingerprint density at radius 1 is 1.12 bits per heavy atom. The Morgan fingerprint density at radius 2 is 1.92 bits per heavy atom. The van der Waals surface area contributed by atoms with E-state index in [1.54, 1.807) is 41.3 Å². The van der Waals surface area contributed by atoms with Crippen LogP contribution in [-0.4, -0.2) is 33.2 Å². The van der Waals surface area contributed by atoms with Gasteiger partial charge in [0, 0.05) is 5.56 Å². The van der Waals surface area contributed by atoms with Crippen LogP contribution < -0.4 is 15.6 Å². The smallest absolute Gasteiger partial charge is 0.276 e. The van der Waals surface area contributed by atoms with Gasteiger partial charge in [-0.2, -0.15) is 5.10 Å². The van der Waals surface area contributed by atoms with E-state index >= 15 is 0 Å². The van der Waals surface area contributed by atoms with E-state index < -0.39 is 11.8 Å². The molecule has 132 valence electrons. The van der Waals surface area contributed by atoms with E-state index in [9.17, 15) is 9.59 Å². The van der Waals surface area contributed by atoms with Gasteiger partial charge < -0.3 is 4.74 Å². The van der Waals surface area contributed by atoms with E-state index in [2.05, 4.69) is 20.9 Å². The fraction of sp³-hybridized carbons (Fsp3) is 0.111. The highest BCUT2D eigenvalue weighted by Gasteiger charge is 2.08. The molecule has 3 aromatic rings. The standard InChI is InChI=1S/C18H17N5O3/c1-13-3-2-4-16(9-13)26-10-17(24)21-22-18(25)14-5-7-15(8-6-14)23-12-19-11-20-23/h2-9,11-12H,10H2,1H3,(H,21,24)(H,22,25). The van der Waals surface area contributed by atoms with E-state index in [1.165, 1.54) is 6.33 Å².